The Hall–Kier alpha value is -1.02. The predicted octanol–water partition coefficient (Wildman–Crippen LogP) is 2.81. The second-order valence-corrected chi connectivity index (χ2v) is 6.18. The van der Waals surface area contributed by atoms with Crippen LogP contribution < -0.4 is 0 Å². The lowest BCUT2D eigenvalue weighted by molar-refractivity contribution is 0.381. The molecule has 6 nitrogen and oxygen atoms in total. The SMILES string of the molecule is CSCc1nnc(SCc2nc(CC(C)C)no2)o1. The molecule has 0 atom stereocenters. The van der Waals surface area contributed by atoms with E-state index in [1.165, 1.54) is 11.8 Å². The first-order chi connectivity index (χ1) is 9.17. The second-order valence-electron chi connectivity index (χ2n) is 4.39. The molecule has 0 spiro atoms. The molecule has 0 bridgehead atoms. The summed E-state index contributed by atoms with van der Waals surface area (Å²) >= 11 is 3.05. The van der Waals surface area contributed by atoms with E-state index in [9.17, 15) is 0 Å². The van der Waals surface area contributed by atoms with Crippen LogP contribution in [0.1, 0.15) is 31.5 Å². The Kier molecular flexibility index (Phi) is 5.26. The monoisotopic (exact) mass is 300 g/mol. The van der Waals surface area contributed by atoms with Gasteiger partial charge < -0.3 is 8.94 Å². The Morgan fingerprint density at radius 2 is 2.00 bits per heavy atom. The molecule has 2 aromatic heterocycles. The average Bonchev–Trinajstić information content (AvgIpc) is 2.96. The zero-order valence-electron chi connectivity index (χ0n) is 11.1. The maximum atomic E-state index is 5.45. The Morgan fingerprint density at radius 1 is 1.16 bits per heavy atom. The van der Waals surface area contributed by atoms with Crippen molar-refractivity contribution in [2.75, 3.05) is 6.26 Å². The zero-order chi connectivity index (χ0) is 13.7. The third-order valence-corrected chi connectivity index (χ3v) is 3.48. The Labute approximate surface area is 120 Å². The van der Waals surface area contributed by atoms with Crippen molar-refractivity contribution >= 4 is 23.5 Å². The highest BCUT2D eigenvalue weighted by Crippen LogP contribution is 2.21. The average molecular weight is 300 g/mol. The van der Waals surface area contributed by atoms with Crippen LogP contribution in [-0.4, -0.2) is 26.6 Å². The van der Waals surface area contributed by atoms with Gasteiger partial charge in [0.15, 0.2) is 5.82 Å². The van der Waals surface area contributed by atoms with E-state index in [-0.39, 0.29) is 0 Å². The Morgan fingerprint density at radius 3 is 2.74 bits per heavy atom. The van der Waals surface area contributed by atoms with Crippen molar-refractivity contribution in [3.05, 3.63) is 17.6 Å². The summed E-state index contributed by atoms with van der Waals surface area (Å²) in [4.78, 5) is 4.32. The van der Waals surface area contributed by atoms with Crippen LogP contribution in [0, 0.1) is 5.92 Å². The van der Waals surface area contributed by atoms with Gasteiger partial charge in [0, 0.05) is 6.42 Å². The molecule has 0 saturated heterocycles. The van der Waals surface area contributed by atoms with Gasteiger partial charge in [0.1, 0.15) is 0 Å². The highest BCUT2D eigenvalue weighted by atomic mass is 32.2. The summed E-state index contributed by atoms with van der Waals surface area (Å²) in [6.45, 7) is 4.24. The van der Waals surface area contributed by atoms with Crippen molar-refractivity contribution in [1.29, 1.82) is 0 Å². The molecule has 0 amide bonds. The summed E-state index contributed by atoms with van der Waals surface area (Å²) in [6.07, 6.45) is 2.82. The fourth-order valence-corrected chi connectivity index (χ4v) is 2.38. The van der Waals surface area contributed by atoms with E-state index in [1.54, 1.807) is 11.8 Å². The molecule has 0 radical (unpaired) electrons. The van der Waals surface area contributed by atoms with Crippen LogP contribution in [0.15, 0.2) is 14.2 Å². The highest BCUT2D eigenvalue weighted by Gasteiger charge is 2.11. The zero-order valence-corrected chi connectivity index (χ0v) is 12.8. The predicted molar refractivity (Wildman–Crippen MR) is 73.9 cm³/mol. The standard InChI is InChI=1S/C11H16N4O2S2/c1-7(2)4-8-12-9(17-15-8)6-19-11-14-13-10(16-11)5-18-3/h7H,4-6H2,1-3H3. The van der Waals surface area contributed by atoms with Crippen LogP contribution in [-0.2, 0) is 17.9 Å². The number of rotatable bonds is 7. The van der Waals surface area contributed by atoms with E-state index in [0.29, 0.717) is 28.7 Å². The molecule has 0 aliphatic heterocycles. The molecule has 2 heterocycles. The molecule has 0 N–H and O–H groups in total. The lowest BCUT2D eigenvalue weighted by Gasteiger charge is -1.95. The van der Waals surface area contributed by atoms with Gasteiger partial charge in [-0.2, -0.15) is 16.7 Å². The van der Waals surface area contributed by atoms with Gasteiger partial charge in [-0.05, 0) is 12.2 Å². The number of thioether (sulfide) groups is 2. The van der Waals surface area contributed by atoms with Crippen molar-refractivity contribution < 1.29 is 8.94 Å². The van der Waals surface area contributed by atoms with E-state index in [0.717, 1.165) is 18.0 Å². The molecule has 2 aromatic rings. The molecular formula is C11H16N4O2S2. The maximum Gasteiger partial charge on any atom is 0.277 e. The minimum Gasteiger partial charge on any atom is -0.415 e. The number of aromatic nitrogens is 4. The van der Waals surface area contributed by atoms with Gasteiger partial charge in [-0.15, -0.1) is 10.2 Å². The van der Waals surface area contributed by atoms with E-state index in [2.05, 4.69) is 34.2 Å². The van der Waals surface area contributed by atoms with Crippen molar-refractivity contribution in [2.24, 2.45) is 5.92 Å². The Bertz CT molecular complexity index is 512. The van der Waals surface area contributed by atoms with Crippen molar-refractivity contribution in [3.63, 3.8) is 0 Å². The number of hydrogen-bond donors (Lipinski definition) is 0. The summed E-state index contributed by atoms with van der Waals surface area (Å²) in [5.74, 6) is 3.77. The third-order valence-electron chi connectivity index (χ3n) is 2.14. The fourth-order valence-electron chi connectivity index (χ4n) is 1.40. The Balaban J connectivity index is 1.85. The third kappa shape index (κ3) is 4.54. The van der Waals surface area contributed by atoms with Gasteiger partial charge in [-0.3, -0.25) is 0 Å². The van der Waals surface area contributed by atoms with Crippen LogP contribution >= 0.6 is 23.5 Å². The van der Waals surface area contributed by atoms with Crippen molar-refractivity contribution in [1.82, 2.24) is 20.3 Å². The van der Waals surface area contributed by atoms with Gasteiger partial charge in [0.05, 0.1) is 11.5 Å². The largest absolute Gasteiger partial charge is 0.415 e. The molecule has 0 aromatic carbocycles. The molecule has 2 rings (SSSR count). The molecular weight excluding hydrogens is 284 g/mol. The van der Waals surface area contributed by atoms with Crippen LogP contribution in [0.3, 0.4) is 0 Å². The van der Waals surface area contributed by atoms with Crippen LogP contribution in [0.4, 0.5) is 0 Å². The lowest BCUT2D eigenvalue weighted by atomic mass is 10.1. The summed E-state index contributed by atoms with van der Waals surface area (Å²) in [7, 11) is 0. The van der Waals surface area contributed by atoms with Crippen LogP contribution in [0.2, 0.25) is 0 Å². The molecule has 0 unspecified atom stereocenters. The first kappa shape index (κ1) is 14.4. The highest BCUT2D eigenvalue weighted by molar-refractivity contribution is 7.98. The maximum absolute atomic E-state index is 5.45. The first-order valence-corrected chi connectivity index (χ1v) is 8.31. The quantitative estimate of drug-likeness (QED) is 0.722. The van der Waals surface area contributed by atoms with E-state index in [1.807, 2.05) is 6.26 Å². The second kappa shape index (κ2) is 6.95. The lowest BCUT2D eigenvalue weighted by Crippen LogP contribution is -1.96. The van der Waals surface area contributed by atoms with Gasteiger partial charge in [0.25, 0.3) is 5.22 Å². The van der Waals surface area contributed by atoms with Gasteiger partial charge in [-0.1, -0.05) is 30.8 Å². The van der Waals surface area contributed by atoms with Crippen molar-refractivity contribution in [3.8, 4) is 0 Å². The van der Waals surface area contributed by atoms with E-state index in [4.69, 9.17) is 8.94 Å². The first-order valence-electron chi connectivity index (χ1n) is 5.93. The minimum atomic E-state index is 0.517. The number of nitrogens with zero attached hydrogens (tertiary/aromatic N) is 4. The van der Waals surface area contributed by atoms with Crippen LogP contribution in [0.25, 0.3) is 0 Å². The van der Waals surface area contributed by atoms with E-state index < -0.39 is 0 Å². The summed E-state index contributed by atoms with van der Waals surface area (Å²) < 4.78 is 10.6. The van der Waals surface area contributed by atoms with Crippen LogP contribution in [0.5, 0.6) is 0 Å². The van der Waals surface area contributed by atoms with Gasteiger partial charge in [0.2, 0.25) is 11.8 Å². The van der Waals surface area contributed by atoms with Gasteiger partial charge in [-0.25, -0.2) is 0 Å². The van der Waals surface area contributed by atoms with Crippen molar-refractivity contribution in [2.45, 2.75) is 37.0 Å². The molecule has 104 valence electrons. The fraction of sp³-hybridized carbons (Fsp3) is 0.636. The molecule has 0 saturated carbocycles. The number of hydrogen-bond acceptors (Lipinski definition) is 8. The topological polar surface area (TPSA) is 77.8 Å². The van der Waals surface area contributed by atoms with E-state index >= 15 is 0 Å². The molecule has 0 aliphatic rings. The molecule has 19 heavy (non-hydrogen) atoms. The minimum absolute atomic E-state index is 0.517. The smallest absolute Gasteiger partial charge is 0.277 e. The molecule has 0 aliphatic carbocycles. The molecule has 8 heteroatoms. The summed E-state index contributed by atoms with van der Waals surface area (Å²) in [5, 5.41) is 12.4. The summed E-state index contributed by atoms with van der Waals surface area (Å²) in [5.41, 5.74) is 0. The normalized spacial score (nSPS) is 11.4. The van der Waals surface area contributed by atoms with Gasteiger partial charge >= 0.3 is 0 Å². The molecule has 0 fully saturated rings. The summed E-state index contributed by atoms with van der Waals surface area (Å²) in [6, 6.07) is 0.